The average Bonchev–Trinajstić information content (AvgIpc) is 2.61. The molecule has 7 N–H and O–H groups in total. The number of ether oxygens (including phenoxy) is 3. The molecule has 0 spiro atoms. The molecule has 144 valence electrons. The number of hydrogen-bond donors (Lipinski definition) is 7. The van der Waals surface area contributed by atoms with Crippen LogP contribution in [-0.2, 0) is 14.2 Å². The lowest BCUT2D eigenvalue weighted by atomic mass is 9.96. The predicted octanol–water partition coefficient (Wildman–Crippen LogP) is -4.08. The molecule has 0 aromatic rings. The molecule has 2 rings (SSSR count). The van der Waals surface area contributed by atoms with E-state index in [1.165, 1.54) is 0 Å². The average molecular weight is 367 g/mol. The number of hydrogen-bond acceptors (Lipinski definition) is 11. The number of aliphatic hydroxyl groups is 7. The van der Waals surface area contributed by atoms with Crippen molar-refractivity contribution in [1.82, 2.24) is 0 Å². The fourth-order valence-corrected chi connectivity index (χ4v) is 2.72. The lowest BCUT2D eigenvalue weighted by Gasteiger charge is -2.45. The Morgan fingerprint density at radius 2 is 1.48 bits per heavy atom. The van der Waals surface area contributed by atoms with E-state index >= 15 is 0 Å². The van der Waals surface area contributed by atoms with E-state index in [0.717, 1.165) is 0 Å². The van der Waals surface area contributed by atoms with Crippen LogP contribution in [0.2, 0.25) is 0 Å². The summed E-state index contributed by atoms with van der Waals surface area (Å²) in [6.45, 7) is -1.37. The zero-order valence-electron chi connectivity index (χ0n) is 12.9. The van der Waals surface area contributed by atoms with Crippen LogP contribution in [0.1, 0.15) is 0 Å². The molecule has 25 heavy (non-hydrogen) atoms. The molecule has 0 amide bonds. The van der Waals surface area contributed by atoms with Gasteiger partial charge >= 0.3 is 0 Å². The van der Waals surface area contributed by atoms with Gasteiger partial charge in [0.1, 0.15) is 48.8 Å². The molecule has 13 heteroatoms. The van der Waals surface area contributed by atoms with Crippen LogP contribution in [0.5, 0.6) is 0 Å². The van der Waals surface area contributed by atoms with Crippen LogP contribution < -0.4 is 0 Å². The first-order chi connectivity index (χ1) is 11.8. The summed E-state index contributed by atoms with van der Waals surface area (Å²) in [5.41, 5.74) is 8.42. The van der Waals surface area contributed by atoms with Gasteiger partial charge in [-0.05, 0) is 5.53 Å². The van der Waals surface area contributed by atoms with E-state index in [-0.39, 0.29) is 0 Å². The van der Waals surface area contributed by atoms with Gasteiger partial charge in [-0.2, -0.15) is 0 Å². The van der Waals surface area contributed by atoms with Gasteiger partial charge in [-0.15, -0.1) is 0 Å². The third kappa shape index (κ3) is 4.02. The minimum absolute atomic E-state index is 0.681. The molecule has 2 saturated heterocycles. The quantitative estimate of drug-likeness (QED) is 0.141. The molecule has 0 aliphatic carbocycles. The van der Waals surface area contributed by atoms with Crippen LogP contribution >= 0.6 is 0 Å². The summed E-state index contributed by atoms with van der Waals surface area (Å²) >= 11 is 0. The molecule has 13 nitrogen and oxygen atoms in total. The maximum absolute atomic E-state index is 10.1. The van der Waals surface area contributed by atoms with E-state index in [4.69, 9.17) is 24.8 Å². The van der Waals surface area contributed by atoms with Crippen LogP contribution in [0.25, 0.3) is 10.4 Å². The van der Waals surface area contributed by atoms with Gasteiger partial charge in [-0.3, -0.25) is 0 Å². The van der Waals surface area contributed by atoms with Crippen molar-refractivity contribution in [2.24, 2.45) is 5.11 Å². The van der Waals surface area contributed by atoms with Gasteiger partial charge in [0.25, 0.3) is 0 Å². The van der Waals surface area contributed by atoms with Crippen molar-refractivity contribution in [1.29, 1.82) is 0 Å². The van der Waals surface area contributed by atoms with Crippen molar-refractivity contribution >= 4 is 0 Å². The molecule has 0 radical (unpaired) electrons. The van der Waals surface area contributed by atoms with Gasteiger partial charge in [-0.25, -0.2) is 0 Å². The molecular weight excluding hydrogens is 346 g/mol. The van der Waals surface area contributed by atoms with Crippen molar-refractivity contribution in [3.63, 3.8) is 0 Å². The van der Waals surface area contributed by atoms with E-state index in [1.54, 1.807) is 0 Å². The Bertz CT molecular complexity index is 488. The summed E-state index contributed by atoms with van der Waals surface area (Å²) in [5, 5.41) is 71.1. The van der Waals surface area contributed by atoms with Crippen molar-refractivity contribution < 1.29 is 50.0 Å². The second-order valence-electron chi connectivity index (χ2n) is 5.73. The summed E-state index contributed by atoms with van der Waals surface area (Å²) in [4.78, 5) is 2.46. The van der Waals surface area contributed by atoms with Crippen LogP contribution in [0.15, 0.2) is 5.11 Å². The molecular formula is C12H21N3O10. The third-order valence-electron chi connectivity index (χ3n) is 4.14. The lowest BCUT2D eigenvalue weighted by molar-refractivity contribution is -0.341. The van der Waals surface area contributed by atoms with E-state index in [1.807, 2.05) is 0 Å². The summed E-state index contributed by atoms with van der Waals surface area (Å²) in [6, 6.07) is 0. The third-order valence-corrected chi connectivity index (χ3v) is 4.14. The number of nitrogens with zero attached hydrogens (tertiary/aromatic N) is 3. The molecule has 2 aliphatic rings. The van der Waals surface area contributed by atoms with Crippen LogP contribution in [0.3, 0.4) is 0 Å². The smallest absolute Gasteiger partial charge is 0.187 e. The SMILES string of the molecule is [N-]=[N+]=N[C@@H]1OC(CO)[C@@H](O[C@@H]2OC(CO)[C@H](O)[C@H](O)C2O)[C@H](O)C1O. The van der Waals surface area contributed by atoms with Crippen LogP contribution in [-0.4, -0.2) is 110 Å². The minimum Gasteiger partial charge on any atom is -0.394 e. The molecule has 4 unspecified atom stereocenters. The molecule has 2 fully saturated rings. The topological polar surface area (TPSA) is 218 Å². The zero-order valence-corrected chi connectivity index (χ0v) is 12.9. The molecule has 10 atom stereocenters. The Morgan fingerprint density at radius 1 is 0.840 bits per heavy atom. The summed E-state index contributed by atoms with van der Waals surface area (Å²) in [5.74, 6) is 0. The fourth-order valence-electron chi connectivity index (χ4n) is 2.72. The highest BCUT2D eigenvalue weighted by Gasteiger charge is 2.50. The molecule has 2 aliphatic heterocycles. The predicted molar refractivity (Wildman–Crippen MR) is 75.5 cm³/mol. The Balaban J connectivity index is 2.15. The first kappa shape index (κ1) is 20.2. The summed E-state index contributed by atoms with van der Waals surface area (Å²) in [6.07, 6.45) is -15.4. The molecule has 0 saturated carbocycles. The van der Waals surface area contributed by atoms with Crippen molar-refractivity contribution in [2.45, 2.75) is 61.3 Å². The van der Waals surface area contributed by atoms with Crippen molar-refractivity contribution in [2.75, 3.05) is 13.2 Å². The molecule has 0 aromatic heterocycles. The van der Waals surface area contributed by atoms with E-state index in [0.29, 0.717) is 0 Å². The van der Waals surface area contributed by atoms with E-state index in [2.05, 4.69) is 10.0 Å². The first-order valence-electron chi connectivity index (χ1n) is 7.48. The fraction of sp³-hybridized carbons (Fsp3) is 1.00. The van der Waals surface area contributed by atoms with E-state index in [9.17, 15) is 30.6 Å². The highest BCUT2D eigenvalue weighted by atomic mass is 16.7. The van der Waals surface area contributed by atoms with Crippen LogP contribution in [0.4, 0.5) is 0 Å². The Hall–Kier alpha value is -1.09. The Morgan fingerprint density at radius 3 is 2.04 bits per heavy atom. The van der Waals surface area contributed by atoms with Crippen molar-refractivity contribution in [3.8, 4) is 0 Å². The van der Waals surface area contributed by atoms with Gasteiger partial charge in [0.2, 0.25) is 0 Å². The standard InChI is InChI=1S/C12H21N3O10/c13-15-14-11-8(21)7(20)10(4(2-17)23-11)25-12-9(22)6(19)5(18)3(1-16)24-12/h3-12,16-22H,1-2H2/t3?,4?,5-,6-,7+,8?,9?,10+,11+,12-/m0/s1. The molecule has 0 bridgehead atoms. The molecule has 0 aromatic carbocycles. The number of rotatable bonds is 5. The minimum atomic E-state index is -1.74. The van der Waals surface area contributed by atoms with Gasteiger partial charge in [-0.1, -0.05) is 5.11 Å². The molecule has 2 heterocycles. The van der Waals surface area contributed by atoms with E-state index < -0.39 is 74.6 Å². The second-order valence-corrected chi connectivity index (χ2v) is 5.73. The highest BCUT2D eigenvalue weighted by Crippen LogP contribution is 2.29. The largest absolute Gasteiger partial charge is 0.394 e. The summed E-state index contributed by atoms with van der Waals surface area (Å²) in [7, 11) is 0. The van der Waals surface area contributed by atoms with Gasteiger partial charge < -0.3 is 50.0 Å². The van der Waals surface area contributed by atoms with Crippen LogP contribution in [0, 0.1) is 0 Å². The maximum Gasteiger partial charge on any atom is 0.187 e. The van der Waals surface area contributed by atoms with Crippen molar-refractivity contribution in [3.05, 3.63) is 10.4 Å². The zero-order chi connectivity index (χ0) is 18.7. The monoisotopic (exact) mass is 367 g/mol. The Kier molecular flexibility index (Phi) is 6.90. The van der Waals surface area contributed by atoms with Gasteiger partial charge in [0.15, 0.2) is 12.5 Å². The summed E-state index contributed by atoms with van der Waals surface area (Å²) < 4.78 is 15.6. The maximum atomic E-state index is 10.1. The highest BCUT2D eigenvalue weighted by molar-refractivity contribution is 4.95. The van der Waals surface area contributed by atoms with Gasteiger partial charge in [0, 0.05) is 4.91 Å². The second kappa shape index (κ2) is 8.53. The number of aliphatic hydroxyl groups excluding tert-OH is 7. The normalized spacial score (nSPS) is 48.0. The lowest BCUT2D eigenvalue weighted by Crippen LogP contribution is -2.64. The Labute approximate surface area is 141 Å². The van der Waals surface area contributed by atoms with Gasteiger partial charge in [0.05, 0.1) is 13.2 Å². The number of azide groups is 1. The first-order valence-corrected chi connectivity index (χ1v) is 7.48.